The largest absolute Gasteiger partial charge is 0.508 e. The van der Waals surface area contributed by atoms with Gasteiger partial charge in [-0.25, -0.2) is 9.78 Å². The fraction of sp³-hybridized carbons (Fsp3) is 0.435. The van der Waals surface area contributed by atoms with Gasteiger partial charge in [-0.3, -0.25) is 43.3 Å². The summed E-state index contributed by atoms with van der Waals surface area (Å²) in [6.45, 7) is 8.80. The number of H-pyrrole nitrogens is 2. The molecular weight excluding hydrogens is 1230 g/mol. The maximum atomic E-state index is 14.8. The van der Waals surface area contributed by atoms with Crippen molar-refractivity contribution in [2.45, 2.75) is 147 Å². The molecule has 1 fully saturated rings. The number of carbonyl (C=O) groups excluding carboxylic acids is 9. The van der Waals surface area contributed by atoms with Crippen LogP contribution in [0.2, 0.25) is 0 Å². The number of likely N-dealkylation sites (tertiary alicyclic amines) is 1. The molecule has 0 bridgehead atoms. The molecule has 0 unspecified atom stereocenters. The molecule has 3 heterocycles. The molecule has 1 aliphatic heterocycles. The van der Waals surface area contributed by atoms with Crippen LogP contribution in [0.25, 0.3) is 22.0 Å². The number of para-hydroxylation sites is 1. The van der Waals surface area contributed by atoms with Gasteiger partial charge in [0.15, 0.2) is 5.96 Å². The number of fused-ring (bicyclic) bond motifs is 4. The summed E-state index contributed by atoms with van der Waals surface area (Å²) in [6.07, 6.45) is 4.63. The zero-order chi connectivity index (χ0) is 69.0. The number of likely N-dealkylation sites (N-methyl/N-ethyl adjacent to an activating group) is 1. The summed E-state index contributed by atoms with van der Waals surface area (Å²) in [6, 6.07) is 18.2. The van der Waals surface area contributed by atoms with E-state index in [1.165, 1.54) is 41.7 Å². The number of benzene rings is 4. The summed E-state index contributed by atoms with van der Waals surface area (Å²) in [7, 11) is 0. The quantitative estimate of drug-likeness (QED) is 0.0160. The van der Waals surface area contributed by atoms with Crippen molar-refractivity contribution in [3.05, 3.63) is 144 Å². The van der Waals surface area contributed by atoms with Gasteiger partial charge in [-0.2, -0.15) is 0 Å². The molecule has 9 amide bonds. The number of guanidine groups is 1. The molecule has 2 aromatic heterocycles. The minimum Gasteiger partial charge on any atom is -0.508 e. The lowest BCUT2D eigenvalue weighted by Gasteiger charge is -2.31. The highest BCUT2D eigenvalue weighted by Gasteiger charge is 2.40. The van der Waals surface area contributed by atoms with Crippen LogP contribution < -0.4 is 54.0 Å². The SMILES string of the molecule is CCNC(=O)[C@@H]1CCCN1C(=O)[C@H](CCCN=C(N)N)NC(=O)[C@H](CC(C)C)NC(=O)[C@@H](CC(C)C)NC(=O)[C@H](Cc1ccc(O)cc1)NC(=O)[C@H](CO)NC(=O)[C@H](Cc1c[nH]c2ccccc12)NC(=O)[C@H](Cc1cnc[nH]1)NC(=O)OCC1c2ccccc2-c2ccccc21. The highest BCUT2D eigenvalue weighted by molar-refractivity contribution is 5.99. The third-order valence-electron chi connectivity index (χ3n) is 16.9. The number of phenols is 1. The van der Waals surface area contributed by atoms with Gasteiger partial charge in [-0.15, -0.1) is 0 Å². The van der Waals surface area contributed by atoms with Crippen molar-refractivity contribution in [2.75, 3.05) is 32.8 Å². The molecule has 8 atom stereocenters. The van der Waals surface area contributed by atoms with E-state index in [4.69, 9.17) is 16.2 Å². The first kappa shape index (κ1) is 71.5. The number of aromatic nitrogens is 3. The number of imidazole rings is 1. The van der Waals surface area contributed by atoms with Crippen LogP contribution in [0.15, 0.2) is 121 Å². The number of alkyl carbamates (subject to hydrolysis) is 1. The number of aromatic amines is 2. The molecule has 8 rings (SSSR count). The van der Waals surface area contributed by atoms with Crippen molar-refractivity contribution in [1.29, 1.82) is 0 Å². The first-order chi connectivity index (χ1) is 46.1. The number of rotatable bonds is 33. The Balaban J connectivity index is 0.995. The van der Waals surface area contributed by atoms with Crippen molar-refractivity contribution >= 4 is 70.2 Å². The van der Waals surface area contributed by atoms with E-state index in [0.717, 1.165) is 33.2 Å². The van der Waals surface area contributed by atoms with Crippen LogP contribution in [-0.4, -0.2) is 171 Å². The molecule has 512 valence electrons. The van der Waals surface area contributed by atoms with Gasteiger partial charge in [0.05, 0.1) is 12.9 Å². The number of phenolic OH excluding ortho intramolecular Hbond substituents is 1. The maximum absolute atomic E-state index is 14.8. The van der Waals surface area contributed by atoms with E-state index < -0.39 is 102 Å². The second-order valence-electron chi connectivity index (χ2n) is 25.1. The van der Waals surface area contributed by atoms with Crippen LogP contribution in [0.5, 0.6) is 5.75 Å². The number of aliphatic hydroxyl groups is 1. The zero-order valence-corrected chi connectivity index (χ0v) is 54.7. The number of aliphatic imine (C=N–C) groups is 1. The average Bonchev–Trinajstić information content (AvgIpc) is 1.62. The molecule has 27 heteroatoms. The van der Waals surface area contributed by atoms with Crippen LogP contribution in [0, 0.1) is 11.8 Å². The van der Waals surface area contributed by atoms with Crippen molar-refractivity contribution in [2.24, 2.45) is 28.3 Å². The van der Waals surface area contributed by atoms with E-state index in [0.29, 0.717) is 36.2 Å². The van der Waals surface area contributed by atoms with Crippen molar-refractivity contribution in [3.63, 3.8) is 0 Å². The van der Waals surface area contributed by atoms with Gasteiger partial charge >= 0.3 is 6.09 Å². The standard InChI is InChI=1S/C69H89N15O12/c1-6-73-66(93)59-22-14-28-84(59)67(94)52(21-13-27-74-68(70)71)77-60(87)53(29-39(2)3)78-61(88)54(30-40(4)5)79-62(89)55(31-41-23-25-44(86)26-24-41)80-65(92)58(36-85)82-63(90)56(32-42-34-75-51-20-12-11-15-45(42)51)81-64(91)57(33-43-35-72-38-76-43)83-69(95)96-37-50-48-18-9-7-16-46(48)47-17-8-10-19-49(47)50/h7-12,15-20,23-26,34-35,38-40,50,52-59,75,85-86H,6,13-14,21-22,27-33,36-37H2,1-5H3,(H,72,76)(H,73,93)(H,77,87)(H,78,88)(H,79,89)(H,80,92)(H,81,91)(H,82,90)(H,83,95)(H4,70,71,74)/t52-,53-,54+,55-,56-,57-,58-,59-/m0/s1. The van der Waals surface area contributed by atoms with Gasteiger partial charge in [0.2, 0.25) is 47.3 Å². The van der Waals surface area contributed by atoms with Crippen molar-refractivity contribution in [1.82, 2.24) is 62.4 Å². The molecule has 4 aromatic carbocycles. The van der Waals surface area contributed by atoms with Crippen LogP contribution >= 0.6 is 0 Å². The van der Waals surface area contributed by atoms with Crippen molar-refractivity contribution in [3.8, 4) is 16.9 Å². The lowest BCUT2D eigenvalue weighted by Crippen LogP contribution is -2.61. The second kappa shape index (κ2) is 34.2. The molecule has 96 heavy (non-hydrogen) atoms. The van der Waals surface area contributed by atoms with Gasteiger partial charge in [0.25, 0.3) is 0 Å². The third-order valence-corrected chi connectivity index (χ3v) is 16.9. The number of carbonyl (C=O) groups is 9. The normalized spacial score (nSPS) is 15.5. The molecule has 0 saturated carbocycles. The number of amides is 9. The number of nitrogens with one attached hydrogen (secondary N) is 10. The van der Waals surface area contributed by atoms with E-state index in [2.05, 4.69) is 62.5 Å². The Morgan fingerprint density at radius 3 is 1.78 bits per heavy atom. The Morgan fingerprint density at radius 2 is 1.20 bits per heavy atom. The van der Waals surface area contributed by atoms with E-state index in [1.54, 1.807) is 19.2 Å². The molecule has 6 aromatic rings. The Hall–Kier alpha value is -10.3. The van der Waals surface area contributed by atoms with Gasteiger partial charge < -0.3 is 83.8 Å². The molecular formula is C69H89N15O12. The Kier molecular flexibility index (Phi) is 25.5. The second-order valence-corrected chi connectivity index (χ2v) is 25.1. The summed E-state index contributed by atoms with van der Waals surface area (Å²) >= 11 is 0. The predicted octanol–water partition coefficient (Wildman–Crippen LogP) is 2.71. The number of hydrogen-bond acceptors (Lipinski definition) is 14. The van der Waals surface area contributed by atoms with E-state index in [1.807, 2.05) is 94.4 Å². The average molecular weight is 1320 g/mol. The number of nitrogens with two attached hydrogens (primary N) is 2. The minimum atomic E-state index is -1.76. The topological polar surface area (TPSA) is 412 Å². The third kappa shape index (κ3) is 19.4. The van der Waals surface area contributed by atoms with E-state index >= 15 is 0 Å². The van der Waals surface area contributed by atoms with Gasteiger partial charge in [-0.05, 0) is 109 Å². The summed E-state index contributed by atoms with van der Waals surface area (Å²) in [5.74, 6) is -6.86. The summed E-state index contributed by atoms with van der Waals surface area (Å²) in [4.78, 5) is 145. The van der Waals surface area contributed by atoms with Crippen molar-refractivity contribution < 1.29 is 58.1 Å². The van der Waals surface area contributed by atoms with Crippen LogP contribution in [-0.2, 0) is 62.4 Å². The number of aromatic hydroxyl groups is 1. The first-order valence-electron chi connectivity index (χ1n) is 32.6. The lowest BCUT2D eigenvalue weighted by atomic mass is 9.98. The first-order valence-corrected chi connectivity index (χ1v) is 32.6. The summed E-state index contributed by atoms with van der Waals surface area (Å²) in [5.41, 5.74) is 17.4. The van der Waals surface area contributed by atoms with Crippen LogP contribution in [0.1, 0.15) is 107 Å². The number of ether oxygens (including phenoxy) is 1. The molecule has 1 aliphatic carbocycles. The Bertz CT molecular complexity index is 3660. The lowest BCUT2D eigenvalue weighted by molar-refractivity contribution is -0.142. The van der Waals surface area contributed by atoms with E-state index in [-0.39, 0.29) is 100 Å². The zero-order valence-electron chi connectivity index (χ0n) is 54.7. The molecule has 27 nitrogen and oxygen atoms in total. The van der Waals surface area contributed by atoms with Crippen LogP contribution in [0.4, 0.5) is 4.79 Å². The highest BCUT2D eigenvalue weighted by Crippen LogP contribution is 2.44. The molecule has 1 saturated heterocycles. The number of nitrogens with zero attached hydrogens (tertiary/aromatic N) is 3. The molecule has 16 N–H and O–H groups in total. The molecule has 2 aliphatic rings. The maximum Gasteiger partial charge on any atom is 0.407 e. The number of aliphatic hydroxyl groups excluding tert-OH is 1. The monoisotopic (exact) mass is 1320 g/mol. The Morgan fingerprint density at radius 1 is 0.656 bits per heavy atom. The molecule has 0 spiro atoms. The van der Waals surface area contributed by atoms with E-state index in [9.17, 15) is 53.4 Å². The molecule has 0 radical (unpaired) electrons. The number of hydrogen-bond donors (Lipinski definition) is 14. The summed E-state index contributed by atoms with van der Waals surface area (Å²) < 4.78 is 5.84. The fourth-order valence-corrected chi connectivity index (χ4v) is 12.2. The van der Waals surface area contributed by atoms with Gasteiger partial charge in [0.1, 0.15) is 60.7 Å². The van der Waals surface area contributed by atoms with Gasteiger partial charge in [0, 0.05) is 73.8 Å². The highest BCUT2D eigenvalue weighted by atomic mass is 16.5. The predicted molar refractivity (Wildman–Crippen MR) is 359 cm³/mol. The smallest absolute Gasteiger partial charge is 0.407 e. The Labute approximate surface area is 556 Å². The fourth-order valence-electron chi connectivity index (χ4n) is 12.2. The summed E-state index contributed by atoms with van der Waals surface area (Å²) in [5, 5.41) is 43.7. The minimum absolute atomic E-state index is 0.0400. The van der Waals surface area contributed by atoms with Crippen LogP contribution in [0.3, 0.4) is 0 Å². The van der Waals surface area contributed by atoms with Gasteiger partial charge in [-0.1, -0.05) is 107 Å².